The standard InChI is InChI=1S/C28H33NO12/c1-14(25(31)32)38-24-22(29-15(2)30)28(39-18-9-7-6-8-17(18)26(33)36-5)40-21-13-37-27(41-23(21)24)16-10-11-19(34-3)20(12-16)35-4/h6-12,14,21-24,27-28H,13H2,1-5H3,(H,29,30)(H,31,32). The summed E-state index contributed by atoms with van der Waals surface area (Å²) in [7, 11) is 4.26. The highest BCUT2D eigenvalue weighted by Gasteiger charge is 2.53. The minimum atomic E-state index is -1.27. The summed E-state index contributed by atoms with van der Waals surface area (Å²) in [6.07, 6.45) is -6.15. The van der Waals surface area contributed by atoms with Gasteiger partial charge in [0, 0.05) is 12.5 Å². The molecule has 2 fully saturated rings. The molecule has 0 aromatic heterocycles. The molecule has 222 valence electrons. The van der Waals surface area contributed by atoms with Crippen molar-refractivity contribution >= 4 is 17.8 Å². The van der Waals surface area contributed by atoms with E-state index in [9.17, 15) is 19.5 Å². The minimum Gasteiger partial charge on any atom is -0.493 e. The molecule has 0 spiro atoms. The average Bonchev–Trinajstić information content (AvgIpc) is 2.97. The number of methoxy groups -OCH3 is 3. The van der Waals surface area contributed by atoms with Gasteiger partial charge in [-0.1, -0.05) is 18.2 Å². The van der Waals surface area contributed by atoms with Gasteiger partial charge in [0.1, 0.15) is 35.7 Å². The van der Waals surface area contributed by atoms with Crippen LogP contribution in [0.15, 0.2) is 42.5 Å². The molecule has 1 amide bonds. The first-order chi connectivity index (χ1) is 19.7. The molecule has 2 N–H and O–H groups in total. The van der Waals surface area contributed by atoms with Gasteiger partial charge < -0.3 is 48.3 Å². The van der Waals surface area contributed by atoms with Gasteiger partial charge in [0.05, 0.1) is 27.9 Å². The second kappa shape index (κ2) is 13.2. The van der Waals surface area contributed by atoms with Crippen LogP contribution in [0.4, 0.5) is 0 Å². The Hall–Kier alpha value is -3.91. The molecule has 13 heteroatoms. The first-order valence-corrected chi connectivity index (χ1v) is 12.8. The summed E-state index contributed by atoms with van der Waals surface area (Å²) in [5.74, 6) is -1.21. The molecule has 2 aromatic rings. The number of fused-ring (bicyclic) bond motifs is 1. The molecule has 0 radical (unpaired) electrons. The topological polar surface area (TPSA) is 157 Å². The quantitative estimate of drug-likeness (QED) is 0.398. The predicted molar refractivity (Wildman–Crippen MR) is 140 cm³/mol. The van der Waals surface area contributed by atoms with Crippen molar-refractivity contribution in [1.29, 1.82) is 0 Å². The number of carbonyl (C=O) groups is 3. The van der Waals surface area contributed by atoms with Crippen molar-refractivity contribution < 1.29 is 57.4 Å². The van der Waals surface area contributed by atoms with Crippen LogP contribution in [-0.4, -0.2) is 87.6 Å². The van der Waals surface area contributed by atoms with Gasteiger partial charge in [-0.3, -0.25) is 4.79 Å². The molecule has 41 heavy (non-hydrogen) atoms. The lowest BCUT2D eigenvalue weighted by molar-refractivity contribution is -0.340. The largest absolute Gasteiger partial charge is 0.493 e. The van der Waals surface area contributed by atoms with Crippen molar-refractivity contribution in [3.63, 3.8) is 0 Å². The van der Waals surface area contributed by atoms with Crippen molar-refractivity contribution in [3.8, 4) is 17.2 Å². The molecular weight excluding hydrogens is 542 g/mol. The predicted octanol–water partition coefficient (Wildman–Crippen LogP) is 2.07. The zero-order valence-corrected chi connectivity index (χ0v) is 23.2. The third-order valence-corrected chi connectivity index (χ3v) is 6.63. The Morgan fingerprint density at radius 2 is 1.73 bits per heavy atom. The highest BCUT2D eigenvalue weighted by atomic mass is 16.8. The van der Waals surface area contributed by atoms with Crippen LogP contribution in [0.5, 0.6) is 17.2 Å². The van der Waals surface area contributed by atoms with Gasteiger partial charge >= 0.3 is 11.9 Å². The molecule has 7 unspecified atom stereocenters. The van der Waals surface area contributed by atoms with E-state index in [1.165, 1.54) is 41.2 Å². The third kappa shape index (κ3) is 6.70. The van der Waals surface area contributed by atoms with Crippen molar-refractivity contribution in [2.75, 3.05) is 27.9 Å². The lowest BCUT2D eigenvalue weighted by atomic mass is 9.95. The zero-order valence-electron chi connectivity index (χ0n) is 23.2. The van der Waals surface area contributed by atoms with Crippen LogP contribution in [-0.2, 0) is 33.3 Å². The van der Waals surface area contributed by atoms with Gasteiger partial charge in [-0.25, -0.2) is 9.59 Å². The van der Waals surface area contributed by atoms with Gasteiger partial charge in [-0.15, -0.1) is 0 Å². The molecule has 0 bridgehead atoms. The van der Waals surface area contributed by atoms with E-state index in [1.54, 1.807) is 36.4 Å². The fourth-order valence-electron chi connectivity index (χ4n) is 4.66. The smallest absolute Gasteiger partial charge is 0.341 e. The molecule has 2 aliphatic heterocycles. The average molecular weight is 576 g/mol. The fourth-order valence-corrected chi connectivity index (χ4v) is 4.66. The SMILES string of the molecule is COC(=O)c1ccccc1OC1OC2COC(c3ccc(OC)c(OC)c3)OC2C(OC(C)C(=O)O)C1NC(C)=O. The van der Waals surface area contributed by atoms with Gasteiger partial charge in [0.2, 0.25) is 12.2 Å². The summed E-state index contributed by atoms with van der Waals surface area (Å²) >= 11 is 0. The van der Waals surface area contributed by atoms with Crippen molar-refractivity contribution in [2.24, 2.45) is 0 Å². The number of esters is 1. The number of nitrogens with one attached hydrogen (secondary N) is 1. The Kier molecular flexibility index (Phi) is 9.65. The molecule has 0 saturated carbocycles. The molecule has 2 saturated heterocycles. The number of ether oxygens (including phenoxy) is 8. The number of rotatable bonds is 10. The van der Waals surface area contributed by atoms with E-state index < -0.39 is 60.9 Å². The Morgan fingerprint density at radius 3 is 2.39 bits per heavy atom. The maximum Gasteiger partial charge on any atom is 0.341 e. The molecular formula is C28H33NO12. The molecule has 7 atom stereocenters. The summed E-state index contributed by atoms with van der Waals surface area (Å²) in [5, 5.41) is 12.4. The highest BCUT2D eigenvalue weighted by molar-refractivity contribution is 5.92. The molecule has 0 aliphatic carbocycles. The molecule has 2 aliphatic rings. The number of para-hydroxylation sites is 1. The number of aliphatic carboxylic acids is 1. The Morgan fingerprint density at radius 1 is 1.00 bits per heavy atom. The van der Waals surface area contributed by atoms with E-state index in [0.29, 0.717) is 17.1 Å². The van der Waals surface area contributed by atoms with Crippen LogP contribution in [0.25, 0.3) is 0 Å². The molecule has 13 nitrogen and oxygen atoms in total. The second-order valence-electron chi connectivity index (χ2n) is 9.34. The number of carbonyl (C=O) groups excluding carboxylic acids is 2. The lowest BCUT2D eigenvalue weighted by Crippen LogP contribution is -2.68. The van der Waals surface area contributed by atoms with Crippen molar-refractivity contribution in [1.82, 2.24) is 5.32 Å². The molecule has 2 aromatic carbocycles. The Labute approximate surface area is 236 Å². The minimum absolute atomic E-state index is 0.0102. The van der Waals surface area contributed by atoms with Gasteiger partial charge in [-0.05, 0) is 31.2 Å². The Balaban J connectivity index is 1.68. The number of benzene rings is 2. The maximum atomic E-state index is 12.3. The van der Waals surface area contributed by atoms with Crippen molar-refractivity contribution in [3.05, 3.63) is 53.6 Å². The van der Waals surface area contributed by atoms with Crippen LogP contribution >= 0.6 is 0 Å². The lowest BCUT2D eigenvalue weighted by Gasteiger charge is -2.49. The van der Waals surface area contributed by atoms with Gasteiger partial charge in [0.15, 0.2) is 23.9 Å². The molecule has 4 rings (SSSR count). The third-order valence-electron chi connectivity index (χ3n) is 6.63. The van der Waals surface area contributed by atoms with E-state index in [4.69, 9.17) is 37.9 Å². The zero-order chi connectivity index (χ0) is 29.7. The van der Waals surface area contributed by atoms with Crippen LogP contribution in [0.3, 0.4) is 0 Å². The van der Waals surface area contributed by atoms with E-state index in [2.05, 4.69) is 5.32 Å². The summed E-state index contributed by atoms with van der Waals surface area (Å²) in [6, 6.07) is 10.4. The first-order valence-electron chi connectivity index (χ1n) is 12.8. The second-order valence-corrected chi connectivity index (χ2v) is 9.34. The number of hydrogen-bond acceptors (Lipinski definition) is 11. The van der Waals surface area contributed by atoms with E-state index in [1.807, 2.05) is 0 Å². The number of hydrogen-bond donors (Lipinski definition) is 2. The van der Waals surface area contributed by atoms with E-state index >= 15 is 0 Å². The molecule has 2 heterocycles. The Bertz CT molecular complexity index is 1250. The number of carboxylic acid groups (broad SMARTS) is 1. The van der Waals surface area contributed by atoms with Gasteiger partial charge in [0.25, 0.3) is 0 Å². The maximum absolute atomic E-state index is 12.3. The highest BCUT2D eigenvalue weighted by Crippen LogP contribution is 2.39. The number of carboxylic acids is 1. The van der Waals surface area contributed by atoms with E-state index in [0.717, 1.165) is 0 Å². The summed E-state index contributed by atoms with van der Waals surface area (Å²) in [5.41, 5.74) is 0.732. The first kappa shape index (κ1) is 30.1. The monoisotopic (exact) mass is 575 g/mol. The summed E-state index contributed by atoms with van der Waals surface area (Å²) < 4.78 is 46.1. The van der Waals surface area contributed by atoms with Crippen LogP contribution in [0.2, 0.25) is 0 Å². The fraction of sp³-hybridized carbons (Fsp3) is 0.464. The van der Waals surface area contributed by atoms with Gasteiger partial charge in [-0.2, -0.15) is 0 Å². The van der Waals surface area contributed by atoms with Crippen LogP contribution < -0.4 is 19.5 Å². The normalized spacial score (nSPS) is 26.2. The van der Waals surface area contributed by atoms with Crippen LogP contribution in [0, 0.1) is 0 Å². The summed E-state index contributed by atoms with van der Waals surface area (Å²) in [4.78, 5) is 36.4. The number of amides is 1. The van der Waals surface area contributed by atoms with E-state index in [-0.39, 0.29) is 17.9 Å². The summed E-state index contributed by atoms with van der Waals surface area (Å²) in [6.45, 7) is 2.67. The van der Waals surface area contributed by atoms with Crippen LogP contribution in [0.1, 0.15) is 36.1 Å². The van der Waals surface area contributed by atoms with Crippen molar-refractivity contribution in [2.45, 2.75) is 56.9 Å².